The highest BCUT2D eigenvalue weighted by molar-refractivity contribution is 6.01. The third-order valence-electron chi connectivity index (χ3n) is 5.07. The Labute approximate surface area is 158 Å². The zero-order valence-electron chi connectivity index (χ0n) is 16.1. The van der Waals surface area contributed by atoms with E-state index in [1.807, 2.05) is 18.2 Å². The number of nitrogens with one attached hydrogen (secondary N) is 1. The highest BCUT2D eigenvalue weighted by Gasteiger charge is 2.29. The number of esters is 1. The number of amides is 1. The van der Waals surface area contributed by atoms with Gasteiger partial charge in [-0.15, -0.1) is 0 Å². The molecule has 6 nitrogen and oxygen atoms in total. The molecule has 1 aliphatic rings. The van der Waals surface area contributed by atoms with E-state index in [0.717, 1.165) is 12.0 Å². The topological polar surface area (TPSA) is 79.5 Å². The molecule has 1 aliphatic heterocycles. The fourth-order valence-corrected chi connectivity index (χ4v) is 3.69. The van der Waals surface area contributed by atoms with Crippen LogP contribution in [0, 0.1) is 13.8 Å². The van der Waals surface area contributed by atoms with Crippen molar-refractivity contribution in [2.24, 2.45) is 0 Å². The third-order valence-corrected chi connectivity index (χ3v) is 5.07. The largest absolute Gasteiger partial charge is 0.448 e. The Kier molecular flexibility index (Phi) is 5.17. The van der Waals surface area contributed by atoms with Crippen LogP contribution >= 0.6 is 0 Å². The average Bonchev–Trinajstić information content (AvgIpc) is 2.95. The Bertz CT molecular complexity index is 913. The maximum Gasteiger partial charge on any atom is 0.355 e. The lowest BCUT2D eigenvalue weighted by atomic mass is 9.99. The van der Waals surface area contributed by atoms with Crippen molar-refractivity contribution in [2.75, 3.05) is 6.54 Å². The Balaban J connectivity index is 1.69. The molecule has 0 aliphatic carbocycles. The first-order valence-electron chi connectivity index (χ1n) is 9.06. The normalized spacial score (nSPS) is 14.4. The van der Waals surface area contributed by atoms with Gasteiger partial charge in [0.2, 0.25) is 0 Å². The van der Waals surface area contributed by atoms with Gasteiger partial charge in [-0.25, -0.2) is 4.79 Å². The molecular weight excluding hydrogens is 344 g/mol. The van der Waals surface area contributed by atoms with Crippen LogP contribution in [-0.2, 0) is 22.5 Å². The number of fused-ring (bicyclic) bond motifs is 1. The summed E-state index contributed by atoms with van der Waals surface area (Å²) in [5, 5.41) is 0. The lowest BCUT2D eigenvalue weighted by Gasteiger charge is -2.30. The number of hydrogen-bond donors (Lipinski definition) is 1. The van der Waals surface area contributed by atoms with Crippen LogP contribution in [-0.4, -0.2) is 40.2 Å². The monoisotopic (exact) mass is 368 g/mol. The first-order chi connectivity index (χ1) is 12.8. The third kappa shape index (κ3) is 3.65. The highest BCUT2D eigenvalue weighted by atomic mass is 16.5. The fourth-order valence-electron chi connectivity index (χ4n) is 3.69. The molecule has 0 bridgehead atoms. The van der Waals surface area contributed by atoms with Crippen molar-refractivity contribution in [1.82, 2.24) is 9.88 Å². The van der Waals surface area contributed by atoms with E-state index in [0.29, 0.717) is 29.9 Å². The molecule has 1 aromatic carbocycles. The van der Waals surface area contributed by atoms with Crippen molar-refractivity contribution in [3.05, 3.63) is 57.9 Å². The van der Waals surface area contributed by atoms with Gasteiger partial charge in [-0.1, -0.05) is 24.3 Å². The molecule has 3 rings (SSSR count). The number of carbonyl (C=O) groups excluding carboxylic acids is 3. The number of H-pyrrole nitrogens is 1. The van der Waals surface area contributed by atoms with Crippen molar-refractivity contribution in [2.45, 2.75) is 46.8 Å². The summed E-state index contributed by atoms with van der Waals surface area (Å²) in [4.78, 5) is 41.6. The van der Waals surface area contributed by atoms with E-state index in [1.54, 1.807) is 25.7 Å². The van der Waals surface area contributed by atoms with E-state index in [9.17, 15) is 14.4 Å². The van der Waals surface area contributed by atoms with Crippen LogP contribution in [0.2, 0.25) is 0 Å². The van der Waals surface area contributed by atoms with E-state index in [1.165, 1.54) is 12.5 Å². The van der Waals surface area contributed by atoms with E-state index < -0.39 is 12.1 Å². The molecule has 0 saturated carbocycles. The second-order valence-electron chi connectivity index (χ2n) is 7.01. The van der Waals surface area contributed by atoms with E-state index in [2.05, 4.69) is 11.1 Å². The molecule has 6 heteroatoms. The summed E-state index contributed by atoms with van der Waals surface area (Å²) in [5.74, 6) is -0.955. The Morgan fingerprint density at radius 2 is 1.81 bits per heavy atom. The molecular formula is C21H24N2O4. The maximum absolute atomic E-state index is 12.7. The minimum Gasteiger partial charge on any atom is -0.448 e. The maximum atomic E-state index is 12.7. The first-order valence-corrected chi connectivity index (χ1v) is 9.06. The summed E-state index contributed by atoms with van der Waals surface area (Å²) in [6.07, 6.45) is -0.106. The summed E-state index contributed by atoms with van der Waals surface area (Å²) >= 11 is 0. The minimum atomic E-state index is -0.897. The standard InChI is InChI=1S/C21H24N2O4/c1-12-18(14(3)24)13(2)22-19(12)21(26)27-15(4)20(25)23-10-9-16-7-5-6-8-17(16)11-23/h5-8,15,22H,9-11H2,1-4H3/t15-/m0/s1. The van der Waals surface area contributed by atoms with Crippen LogP contribution in [0.1, 0.15) is 57.1 Å². The number of aromatic nitrogens is 1. The molecule has 2 heterocycles. The van der Waals surface area contributed by atoms with Gasteiger partial charge < -0.3 is 14.6 Å². The van der Waals surface area contributed by atoms with Crippen molar-refractivity contribution in [1.29, 1.82) is 0 Å². The molecule has 0 spiro atoms. The number of ketones is 1. The van der Waals surface area contributed by atoms with Gasteiger partial charge in [0.1, 0.15) is 5.69 Å². The number of aromatic amines is 1. The number of aryl methyl sites for hydroxylation is 1. The molecule has 142 valence electrons. The molecule has 0 fully saturated rings. The minimum absolute atomic E-state index is 0.114. The van der Waals surface area contributed by atoms with Gasteiger partial charge >= 0.3 is 5.97 Å². The number of Topliss-reactive ketones (excluding diaryl/α,β-unsaturated/α-hetero) is 1. The number of rotatable bonds is 4. The van der Waals surface area contributed by atoms with Crippen molar-refractivity contribution in [3.8, 4) is 0 Å². The zero-order valence-corrected chi connectivity index (χ0v) is 16.1. The van der Waals surface area contributed by atoms with Crippen LogP contribution in [0.4, 0.5) is 0 Å². The Hall–Kier alpha value is -2.89. The fraction of sp³-hybridized carbons (Fsp3) is 0.381. The Morgan fingerprint density at radius 3 is 2.44 bits per heavy atom. The lowest BCUT2D eigenvalue weighted by molar-refractivity contribution is -0.140. The molecule has 0 radical (unpaired) electrons. The van der Waals surface area contributed by atoms with Gasteiger partial charge in [-0.05, 0) is 50.8 Å². The average molecular weight is 368 g/mol. The first kappa shape index (κ1) is 18.9. The number of hydrogen-bond acceptors (Lipinski definition) is 4. The van der Waals surface area contributed by atoms with Crippen LogP contribution < -0.4 is 0 Å². The summed E-state index contributed by atoms with van der Waals surface area (Å²) in [6, 6.07) is 8.04. The van der Waals surface area contributed by atoms with Crippen molar-refractivity contribution >= 4 is 17.7 Å². The summed E-state index contributed by atoms with van der Waals surface area (Å²) in [7, 11) is 0. The number of benzene rings is 1. The number of carbonyl (C=O) groups is 3. The van der Waals surface area contributed by atoms with Gasteiger partial charge in [-0.3, -0.25) is 9.59 Å². The quantitative estimate of drug-likeness (QED) is 0.665. The van der Waals surface area contributed by atoms with Crippen molar-refractivity contribution < 1.29 is 19.1 Å². The number of ether oxygens (including phenoxy) is 1. The lowest BCUT2D eigenvalue weighted by Crippen LogP contribution is -2.42. The van der Waals surface area contributed by atoms with E-state index >= 15 is 0 Å². The second-order valence-corrected chi connectivity index (χ2v) is 7.01. The molecule has 1 atom stereocenters. The second kappa shape index (κ2) is 7.39. The van der Waals surface area contributed by atoms with Gasteiger partial charge in [0, 0.05) is 24.3 Å². The summed E-state index contributed by atoms with van der Waals surface area (Å²) in [5.41, 5.74) is 4.27. The Morgan fingerprint density at radius 1 is 1.15 bits per heavy atom. The predicted octanol–water partition coefficient (Wildman–Crippen LogP) is 2.96. The predicted molar refractivity (Wildman–Crippen MR) is 101 cm³/mol. The molecule has 1 N–H and O–H groups in total. The molecule has 1 amide bonds. The smallest absolute Gasteiger partial charge is 0.355 e. The SMILES string of the molecule is CC(=O)c1c(C)[nH]c(C(=O)O[C@@H](C)C(=O)N2CCc3ccccc3C2)c1C. The molecule has 0 unspecified atom stereocenters. The number of nitrogens with zero attached hydrogens (tertiary/aromatic N) is 1. The van der Waals surface area contributed by atoms with Gasteiger partial charge in [-0.2, -0.15) is 0 Å². The van der Waals surface area contributed by atoms with Crippen molar-refractivity contribution in [3.63, 3.8) is 0 Å². The van der Waals surface area contributed by atoms with Gasteiger partial charge in [0.15, 0.2) is 11.9 Å². The van der Waals surface area contributed by atoms with Crippen LogP contribution in [0.5, 0.6) is 0 Å². The van der Waals surface area contributed by atoms with E-state index in [4.69, 9.17) is 4.74 Å². The van der Waals surface area contributed by atoms with Gasteiger partial charge in [0.25, 0.3) is 5.91 Å². The molecule has 0 saturated heterocycles. The van der Waals surface area contributed by atoms with E-state index in [-0.39, 0.29) is 17.4 Å². The molecule has 1 aromatic heterocycles. The van der Waals surface area contributed by atoms with Crippen LogP contribution in [0.15, 0.2) is 24.3 Å². The van der Waals surface area contributed by atoms with Gasteiger partial charge in [0.05, 0.1) is 0 Å². The summed E-state index contributed by atoms with van der Waals surface area (Å²) in [6.45, 7) is 7.60. The molecule has 27 heavy (non-hydrogen) atoms. The zero-order chi connectivity index (χ0) is 19.7. The molecule has 2 aromatic rings. The van der Waals surface area contributed by atoms with Crippen LogP contribution in [0.3, 0.4) is 0 Å². The summed E-state index contributed by atoms with van der Waals surface area (Å²) < 4.78 is 5.40. The van der Waals surface area contributed by atoms with Crippen LogP contribution in [0.25, 0.3) is 0 Å². The highest BCUT2D eigenvalue weighted by Crippen LogP contribution is 2.22.